The van der Waals surface area contributed by atoms with E-state index in [1.807, 2.05) is 0 Å². The van der Waals surface area contributed by atoms with Gasteiger partial charge in [0.05, 0.1) is 17.5 Å². The summed E-state index contributed by atoms with van der Waals surface area (Å²) < 4.78 is 12.2. The Labute approximate surface area is 126 Å². The van der Waals surface area contributed by atoms with E-state index in [9.17, 15) is 0 Å². The number of unbranched alkanes of at least 4 members (excludes halogenated alkanes) is 1. The standard InChI is InChI=1S/C16H27BrO2/c1-6-7-8-13-12(3)14(17)16(10-15(13,4)5)18-9-11(2)19-16/h11,14H,6-10H2,1-5H3. The molecule has 2 aliphatic rings. The molecule has 19 heavy (non-hydrogen) atoms. The minimum atomic E-state index is -0.456. The van der Waals surface area contributed by atoms with Gasteiger partial charge in [-0.2, -0.15) is 0 Å². The van der Waals surface area contributed by atoms with E-state index >= 15 is 0 Å². The van der Waals surface area contributed by atoms with E-state index < -0.39 is 5.79 Å². The highest BCUT2D eigenvalue weighted by Crippen LogP contribution is 2.52. The predicted molar refractivity (Wildman–Crippen MR) is 82.6 cm³/mol. The van der Waals surface area contributed by atoms with E-state index in [1.165, 1.54) is 24.8 Å². The van der Waals surface area contributed by atoms with Gasteiger partial charge < -0.3 is 9.47 Å². The zero-order valence-electron chi connectivity index (χ0n) is 12.9. The van der Waals surface area contributed by atoms with E-state index in [0.717, 1.165) is 6.42 Å². The Balaban J connectivity index is 2.31. The van der Waals surface area contributed by atoms with Gasteiger partial charge in [0.15, 0.2) is 5.79 Å². The minimum absolute atomic E-state index is 0.160. The number of allylic oxidation sites excluding steroid dienone is 1. The molecule has 0 aromatic carbocycles. The third kappa shape index (κ3) is 2.79. The zero-order chi connectivity index (χ0) is 14.3. The van der Waals surface area contributed by atoms with E-state index in [4.69, 9.17) is 9.47 Å². The SMILES string of the molecule is CCCCC1=C(C)C(Br)C2(CC1(C)C)OCC(C)O2. The lowest BCUT2D eigenvalue weighted by Crippen LogP contribution is -2.49. The van der Waals surface area contributed by atoms with E-state index in [2.05, 4.69) is 50.5 Å². The van der Waals surface area contributed by atoms with Crippen LogP contribution >= 0.6 is 15.9 Å². The zero-order valence-corrected chi connectivity index (χ0v) is 14.5. The summed E-state index contributed by atoms with van der Waals surface area (Å²) >= 11 is 3.84. The quantitative estimate of drug-likeness (QED) is 0.545. The normalized spacial score (nSPS) is 38.2. The fourth-order valence-corrected chi connectivity index (χ4v) is 4.29. The molecule has 1 heterocycles. The van der Waals surface area contributed by atoms with Gasteiger partial charge in [0, 0.05) is 6.42 Å². The summed E-state index contributed by atoms with van der Waals surface area (Å²) in [5, 5.41) is 0. The molecule has 1 aliphatic carbocycles. The molecule has 110 valence electrons. The number of hydrogen-bond donors (Lipinski definition) is 0. The third-order valence-electron chi connectivity index (χ3n) is 4.49. The average Bonchev–Trinajstić information content (AvgIpc) is 2.68. The monoisotopic (exact) mass is 330 g/mol. The Morgan fingerprint density at radius 2 is 2.05 bits per heavy atom. The summed E-state index contributed by atoms with van der Waals surface area (Å²) in [6.45, 7) is 11.9. The lowest BCUT2D eigenvalue weighted by atomic mass is 9.68. The minimum Gasteiger partial charge on any atom is -0.346 e. The lowest BCUT2D eigenvalue weighted by molar-refractivity contribution is -0.182. The summed E-state index contributed by atoms with van der Waals surface area (Å²) in [5.41, 5.74) is 3.17. The van der Waals surface area contributed by atoms with Crippen LogP contribution in [-0.4, -0.2) is 23.3 Å². The van der Waals surface area contributed by atoms with Crippen LogP contribution in [0.5, 0.6) is 0 Å². The van der Waals surface area contributed by atoms with Crippen LogP contribution in [0.15, 0.2) is 11.1 Å². The Kier molecular flexibility index (Phi) is 4.49. The molecule has 0 saturated carbocycles. The van der Waals surface area contributed by atoms with Gasteiger partial charge in [-0.15, -0.1) is 0 Å². The maximum atomic E-state index is 6.16. The van der Waals surface area contributed by atoms with E-state index in [1.54, 1.807) is 5.57 Å². The van der Waals surface area contributed by atoms with Gasteiger partial charge in [0.1, 0.15) is 0 Å². The second-order valence-electron chi connectivity index (χ2n) is 6.74. The summed E-state index contributed by atoms with van der Waals surface area (Å²) in [6.07, 6.45) is 4.84. The number of ether oxygens (including phenoxy) is 2. The van der Waals surface area contributed by atoms with Crippen LogP contribution in [0.1, 0.15) is 60.3 Å². The van der Waals surface area contributed by atoms with Crippen molar-refractivity contribution in [3.63, 3.8) is 0 Å². The molecule has 3 unspecified atom stereocenters. The highest BCUT2D eigenvalue weighted by atomic mass is 79.9. The van der Waals surface area contributed by atoms with Gasteiger partial charge in [-0.3, -0.25) is 0 Å². The maximum absolute atomic E-state index is 6.16. The molecule has 1 aliphatic heterocycles. The molecule has 0 aromatic heterocycles. The van der Waals surface area contributed by atoms with Gasteiger partial charge >= 0.3 is 0 Å². The fourth-order valence-electron chi connectivity index (χ4n) is 3.61. The first-order chi connectivity index (χ1) is 8.82. The number of hydrogen-bond acceptors (Lipinski definition) is 2. The molecule has 3 heteroatoms. The molecular weight excluding hydrogens is 304 g/mol. The molecule has 3 atom stereocenters. The van der Waals surface area contributed by atoms with Crippen molar-refractivity contribution in [3.8, 4) is 0 Å². The average molecular weight is 331 g/mol. The van der Waals surface area contributed by atoms with Crippen LogP contribution in [-0.2, 0) is 9.47 Å². The number of rotatable bonds is 3. The van der Waals surface area contributed by atoms with Crippen molar-refractivity contribution in [1.82, 2.24) is 0 Å². The van der Waals surface area contributed by atoms with E-state index in [0.29, 0.717) is 6.61 Å². The first kappa shape index (κ1) is 15.5. The largest absolute Gasteiger partial charge is 0.346 e. The first-order valence-electron chi connectivity index (χ1n) is 7.48. The molecule has 0 bridgehead atoms. The lowest BCUT2D eigenvalue weighted by Gasteiger charge is -2.46. The topological polar surface area (TPSA) is 18.5 Å². The third-order valence-corrected chi connectivity index (χ3v) is 5.88. The summed E-state index contributed by atoms with van der Waals surface area (Å²) in [6, 6.07) is 0. The van der Waals surface area contributed by atoms with Crippen molar-refractivity contribution in [2.75, 3.05) is 6.61 Å². The molecular formula is C16H27BrO2. The first-order valence-corrected chi connectivity index (χ1v) is 8.40. The van der Waals surface area contributed by atoms with Crippen LogP contribution in [0, 0.1) is 5.41 Å². The molecule has 1 spiro atoms. The molecule has 0 amide bonds. The van der Waals surface area contributed by atoms with Crippen molar-refractivity contribution in [2.24, 2.45) is 5.41 Å². The van der Waals surface area contributed by atoms with Crippen molar-refractivity contribution >= 4 is 15.9 Å². The second-order valence-corrected chi connectivity index (χ2v) is 7.66. The summed E-state index contributed by atoms with van der Waals surface area (Å²) in [7, 11) is 0. The van der Waals surface area contributed by atoms with Crippen LogP contribution in [0.25, 0.3) is 0 Å². The molecule has 1 fully saturated rings. The van der Waals surface area contributed by atoms with Gasteiger partial charge in [0.25, 0.3) is 0 Å². The summed E-state index contributed by atoms with van der Waals surface area (Å²) in [5.74, 6) is -0.456. The molecule has 1 saturated heterocycles. The molecule has 2 nitrogen and oxygen atoms in total. The van der Waals surface area contributed by atoms with Crippen molar-refractivity contribution in [1.29, 1.82) is 0 Å². The van der Waals surface area contributed by atoms with Gasteiger partial charge in [-0.05, 0) is 32.1 Å². The van der Waals surface area contributed by atoms with Crippen molar-refractivity contribution in [3.05, 3.63) is 11.1 Å². The number of alkyl halides is 1. The maximum Gasteiger partial charge on any atom is 0.185 e. The number of halogens is 1. The van der Waals surface area contributed by atoms with E-state index in [-0.39, 0.29) is 16.3 Å². The van der Waals surface area contributed by atoms with Crippen molar-refractivity contribution < 1.29 is 9.47 Å². The molecule has 0 N–H and O–H groups in total. The van der Waals surface area contributed by atoms with Crippen LogP contribution in [0.4, 0.5) is 0 Å². The molecule has 2 rings (SSSR count). The van der Waals surface area contributed by atoms with Crippen LogP contribution in [0.2, 0.25) is 0 Å². The fraction of sp³-hybridized carbons (Fsp3) is 0.875. The highest BCUT2D eigenvalue weighted by molar-refractivity contribution is 9.09. The Hall–Kier alpha value is 0.140. The Morgan fingerprint density at radius 3 is 2.58 bits per heavy atom. The second kappa shape index (κ2) is 5.50. The van der Waals surface area contributed by atoms with Crippen molar-refractivity contribution in [2.45, 2.75) is 77.0 Å². The van der Waals surface area contributed by atoms with Crippen LogP contribution in [0.3, 0.4) is 0 Å². The molecule has 0 aromatic rings. The Morgan fingerprint density at radius 1 is 1.37 bits per heavy atom. The highest BCUT2D eigenvalue weighted by Gasteiger charge is 2.53. The predicted octanol–water partition coefficient (Wildman–Crippen LogP) is 4.82. The van der Waals surface area contributed by atoms with Gasteiger partial charge in [-0.1, -0.05) is 54.3 Å². The van der Waals surface area contributed by atoms with Gasteiger partial charge in [0.2, 0.25) is 0 Å². The molecule has 0 radical (unpaired) electrons. The smallest absolute Gasteiger partial charge is 0.185 e. The Bertz CT molecular complexity index is 375. The van der Waals surface area contributed by atoms with Gasteiger partial charge in [-0.25, -0.2) is 0 Å². The summed E-state index contributed by atoms with van der Waals surface area (Å²) in [4.78, 5) is 0.185. The van der Waals surface area contributed by atoms with Crippen LogP contribution < -0.4 is 0 Å².